The number of amides is 2. The second-order valence-electron chi connectivity index (χ2n) is 6.54. The molecule has 0 aromatic heterocycles. The van der Waals surface area contributed by atoms with Gasteiger partial charge in [0.2, 0.25) is 11.8 Å². The highest BCUT2D eigenvalue weighted by Crippen LogP contribution is 2.47. The van der Waals surface area contributed by atoms with Crippen molar-refractivity contribution in [3.05, 3.63) is 58.6 Å². The van der Waals surface area contributed by atoms with Gasteiger partial charge < -0.3 is 10.6 Å². The summed E-state index contributed by atoms with van der Waals surface area (Å²) in [5.74, 6) is -0.719. The zero-order valence-corrected chi connectivity index (χ0v) is 15.3. The van der Waals surface area contributed by atoms with E-state index in [1.54, 1.807) is 42.5 Å². The van der Waals surface area contributed by atoms with E-state index in [9.17, 15) is 14.4 Å². The zero-order valence-electron chi connectivity index (χ0n) is 14.6. The van der Waals surface area contributed by atoms with Crippen LogP contribution in [0.25, 0.3) is 0 Å². The van der Waals surface area contributed by atoms with Crippen molar-refractivity contribution >= 4 is 40.6 Å². The molecule has 1 aliphatic carbocycles. The summed E-state index contributed by atoms with van der Waals surface area (Å²) in [4.78, 5) is 36.6. The van der Waals surface area contributed by atoms with Crippen LogP contribution in [0.1, 0.15) is 35.7 Å². The highest BCUT2D eigenvalue weighted by molar-refractivity contribution is 6.31. The summed E-state index contributed by atoms with van der Waals surface area (Å²) in [5, 5.41) is 6.14. The van der Waals surface area contributed by atoms with Gasteiger partial charge in [-0.1, -0.05) is 17.7 Å². The monoisotopic (exact) mass is 370 g/mol. The first-order chi connectivity index (χ1) is 12.3. The van der Waals surface area contributed by atoms with E-state index in [1.807, 2.05) is 6.92 Å². The van der Waals surface area contributed by atoms with Gasteiger partial charge in [0.25, 0.3) is 0 Å². The summed E-state index contributed by atoms with van der Waals surface area (Å²) < 4.78 is 0. The minimum Gasteiger partial charge on any atom is -0.325 e. The van der Waals surface area contributed by atoms with Crippen LogP contribution in [0, 0.1) is 12.3 Å². The Hall–Kier alpha value is -2.66. The highest BCUT2D eigenvalue weighted by Gasteiger charge is 2.56. The molecule has 1 saturated carbocycles. The Morgan fingerprint density at radius 1 is 0.962 bits per heavy atom. The number of nitrogens with one attached hydrogen (secondary N) is 2. The van der Waals surface area contributed by atoms with Gasteiger partial charge in [0.15, 0.2) is 5.78 Å². The van der Waals surface area contributed by atoms with Gasteiger partial charge in [0.05, 0.1) is 0 Å². The lowest BCUT2D eigenvalue weighted by atomic mass is 10.0. The van der Waals surface area contributed by atoms with E-state index in [0.717, 1.165) is 5.56 Å². The fraction of sp³-hybridized carbons (Fsp3) is 0.250. The lowest BCUT2D eigenvalue weighted by Crippen LogP contribution is -2.35. The minimum absolute atomic E-state index is 0.0437. The van der Waals surface area contributed by atoms with Crippen LogP contribution in [0.3, 0.4) is 0 Å². The van der Waals surface area contributed by atoms with Gasteiger partial charge in [0.1, 0.15) is 5.41 Å². The molecule has 5 nitrogen and oxygen atoms in total. The predicted octanol–water partition coefficient (Wildman–Crippen LogP) is 4.21. The first-order valence-corrected chi connectivity index (χ1v) is 8.70. The quantitative estimate of drug-likeness (QED) is 0.611. The van der Waals surface area contributed by atoms with Crippen molar-refractivity contribution in [1.29, 1.82) is 0 Å². The van der Waals surface area contributed by atoms with E-state index in [4.69, 9.17) is 11.6 Å². The maximum absolute atomic E-state index is 12.7. The van der Waals surface area contributed by atoms with Gasteiger partial charge in [-0.15, -0.1) is 0 Å². The summed E-state index contributed by atoms with van der Waals surface area (Å²) in [6, 6.07) is 11.9. The molecule has 2 aromatic rings. The molecule has 134 valence electrons. The molecule has 0 saturated heterocycles. The number of halogens is 1. The third-order valence-electron chi connectivity index (χ3n) is 4.68. The average Bonchev–Trinajstić information content (AvgIpc) is 3.41. The maximum atomic E-state index is 12.7. The van der Waals surface area contributed by atoms with E-state index in [1.165, 1.54) is 6.92 Å². The SMILES string of the molecule is CC(=O)c1ccc(NC(=O)C2(C(=O)Nc3cccc(Cl)c3C)CC2)cc1. The molecule has 1 fully saturated rings. The first kappa shape index (κ1) is 18.1. The topological polar surface area (TPSA) is 75.3 Å². The van der Waals surface area contributed by atoms with Gasteiger partial charge >= 0.3 is 0 Å². The van der Waals surface area contributed by atoms with Gasteiger partial charge in [-0.25, -0.2) is 0 Å². The lowest BCUT2D eigenvalue weighted by Gasteiger charge is -2.17. The largest absolute Gasteiger partial charge is 0.325 e. The number of carbonyl (C=O) groups excluding carboxylic acids is 3. The standard InChI is InChI=1S/C20H19ClN2O3/c1-12-16(21)4-3-5-17(12)23-19(26)20(10-11-20)18(25)22-15-8-6-14(7-9-15)13(2)24/h3-9H,10-11H2,1-2H3,(H,22,25)(H,23,26). The number of anilines is 2. The number of hydrogen-bond donors (Lipinski definition) is 2. The molecule has 0 spiro atoms. The molecule has 0 radical (unpaired) electrons. The Bertz CT molecular complexity index is 886. The third kappa shape index (κ3) is 3.48. The summed E-state index contributed by atoms with van der Waals surface area (Å²) in [6.07, 6.45) is 0.992. The molecule has 26 heavy (non-hydrogen) atoms. The van der Waals surface area contributed by atoms with Crippen LogP contribution in [0.2, 0.25) is 5.02 Å². The predicted molar refractivity (Wildman–Crippen MR) is 102 cm³/mol. The van der Waals surface area contributed by atoms with Gasteiger partial charge in [-0.05, 0) is 68.7 Å². The fourth-order valence-electron chi connectivity index (χ4n) is 2.71. The van der Waals surface area contributed by atoms with Crippen molar-refractivity contribution in [2.24, 2.45) is 5.41 Å². The van der Waals surface area contributed by atoms with Crippen LogP contribution in [0.4, 0.5) is 11.4 Å². The summed E-state index contributed by atoms with van der Waals surface area (Å²) in [6.45, 7) is 3.29. The van der Waals surface area contributed by atoms with Gasteiger partial charge in [0, 0.05) is 22.0 Å². The molecule has 2 N–H and O–H groups in total. The van der Waals surface area contributed by atoms with Crippen molar-refractivity contribution in [2.45, 2.75) is 26.7 Å². The van der Waals surface area contributed by atoms with Crippen LogP contribution in [0.15, 0.2) is 42.5 Å². The minimum atomic E-state index is -1.06. The molecule has 2 aromatic carbocycles. The molecule has 3 rings (SSSR count). The Labute approximate surface area is 156 Å². The molecule has 0 unspecified atom stereocenters. The van der Waals surface area contributed by atoms with Crippen LogP contribution < -0.4 is 10.6 Å². The van der Waals surface area contributed by atoms with Crippen molar-refractivity contribution < 1.29 is 14.4 Å². The second-order valence-corrected chi connectivity index (χ2v) is 6.94. The molecular formula is C20H19ClN2O3. The number of carbonyl (C=O) groups is 3. The Kier molecular flexibility index (Phi) is 4.83. The molecule has 0 heterocycles. The first-order valence-electron chi connectivity index (χ1n) is 8.32. The smallest absolute Gasteiger partial charge is 0.240 e. The zero-order chi connectivity index (χ0) is 18.9. The van der Waals surface area contributed by atoms with E-state index < -0.39 is 5.41 Å². The second kappa shape index (κ2) is 6.92. The average molecular weight is 371 g/mol. The Morgan fingerprint density at radius 2 is 1.58 bits per heavy atom. The van der Waals surface area contributed by atoms with Crippen LogP contribution in [-0.4, -0.2) is 17.6 Å². The molecule has 0 aliphatic heterocycles. The van der Waals surface area contributed by atoms with E-state index in [2.05, 4.69) is 10.6 Å². The number of benzene rings is 2. The number of Topliss-reactive ketones (excluding diaryl/α,β-unsaturated/α-hetero) is 1. The van der Waals surface area contributed by atoms with Crippen LogP contribution in [0.5, 0.6) is 0 Å². The molecule has 0 atom stereocenters. The molecule has 1 aliphatic rings. The lowest BCUT2D eigenvalue weighted by molar-refractivity contribution is -0.131. The molecule has 6 heteroatoms. The summed E-state index contributed by atoms with van der Waals surface area (Å²) >= 11 is 6.08. The third-order valence-corrected chi connectivity index (χ3v) is 5.09. The highest BCUT2D eigenvalue weighted by atomic mass is 35.5. The van der Waals surface area contributed by atoms with E-state index in [0.29, 0.717) is 34.8 Å². The Morgan fingerprint density at radius 3 is 2.15 bits per heavy atom. The van der Waals surface area contributed by atoms with Crippen LogP contribution >= 0.6 is 11.6 Å². The number of rotatable bonds is 5. The van der Waals surface area contributed by atoms with Gasteiger partial charge in [-0.2, -0.15) is 0 Å². The molecule has 0 bridgehead atoms. The van der Waals surface area contributed by atoms with Crippen molar-refractivity contribution in [2.75, 3.05) is 10.6 Å². The molecular weight excluding hydrogens is 352 g/mol. The fourth-order valence-corrected chi connectivity index (χ4v) is 2.88. The Balaban J connectivity index is 1.71. The van der Waals surface area contributed by atoms with Crippen molar-refractivity contribution in [1.82, 2.24) is 0 Å². The number of ketones is 1. The molecule has 2 amide bonds. The van der Waals surface area contributed by atoms with Crippen molar-refractivity contribution in [3.63, 3.8) is 0 Å². The normalized spacial score (nSPS) is 14.4. The summed E-state index contributed by atoms with van der Waals surface area (Å²) in [5.41, 5.74) is 1.43. The van der Waals surface area contributed by atoms with E-state index >= 15 is 0 Å². The van der Waals surface area contributed by atoms with Crippen LogP contribution in [-0.2, 0) is 9.59 Å². The maximum Gasteiger partial charge on any atom is 0.240 e. The van der Waals surface area contributed by atoms with Gasteiger partial charge in [-0.3, -0.25) is 14.4 Å². The number of hydrogen-bond acceptors (Lipinski definition) is 3. The summed E-state index contributed by atoms with van der Waals surface area (Å²) in [7, 11) is 0. The van der Waals surface area contributed by atoms with Crippen molar-refractivity contribution in [3.8, 4) is 0 Å². The van der Waals surface area contributed by atoms with E-state index in [-0.39, 0.29) is 17.6 Å².